The van der Waals surface area contributed by atoms with Gasteiger partial charge in [-0.05, 0) is 0 Å². The molecule has 2 amide bonds. The molecule has 4 N–H and O–H groups in total. The molecule has 0 radical (unpaired) electrons. The highest BCUT2D eigenvalue weighted by molar-refractivity contribution is 6.06. The topological polar surface area (TPSA) is 109 Å². The van der Waals surface area contributed by atoms with E-state index in [0.29, 0.717) is 13.2 Å². The van der Waals surface area contributed by atoms with Crippen molar-refractivity contribution in [1.82, 2.24) is 15.6 Å². The normalized spacial score (nSPS) is 21.0. The van der Waals surface area contributed by atoms with Crippen LogP contribution in [0.4, 0.5) is 0 Å². The van der Waals surface area contributed by atoms with Gasteiger partial charge in [0.1, 0.15) is 6.04 Å². The van der Waals surface area contributed by atoms with E-state index in [9.17, 15) is 9.59 Å². The number of guanidine groups is 1. The summed E-state index contributed by atoms with van der Waals surface area (Å²) < 4.78 is 4.83. The summed E-state index contributed by atoms with van der Waals surface area (Å²) in [5.41, 5.74) is 2.34. The number of carbonyl (C=O) groups excluding carboxylic acids is 2. The van der Waals surface area contributed by atoms with E-state index < -0.39 is 6.04 Å². The highest BCUT2D eigenvalue weighted by Crippen LogP contribution is 2.09. The van der Waals surface area contributed by atoms with E-state index in [1.165, 1.54) is 7.05 Å². The molecule has 0 aromatic carbocycles. The number of hydrogen-bond donors (Lipinski definition) is 3. The van der Waals surface area contributed by atoms with Gasteiger partial charge in [0.25, 0.3) is 5.91 Å². The lowest BCUT2D eigenvalue weighted by Crippen LogP contribution is -2.49. The minimum Gasteiger partial charge on any atom is -0.383 e. The first-order valence-electron chi connectivity index (χ1n) is 5.17. The van der Waals surface area contributed by atoms with Crippen LogP contribution < -0.4 is 16.6 Å². The zero-order valence-corrected chi connectivity index (χ0v) is 9.90. The summed E-state index contributed by atoms with van der Waals surface area (Å²) in [4.78, 5) is 28.0. The van der Waals surface area contributed by atoms with Crippen molar-refractivity contribution >= 4 is 17.8 Å². The Morgan fingerprint density at radius 1 is 1.65 bits per heavy atom. The Labute approximate surface area is 99.2 Å². The maximum absolute atomic E-state index is 11.6. The Hall–Kier alpha value is -1.67. The average Bonchev–Trinajstić information content (AvgIpc) is 2.56. The minimum atomic E-state index is -0.607. The molecule has 1 aliphatic heterocycles. The quantitative estimate of drug-likeness (QED) is 0.129. The molecular weight excluding hydrogens is 226 g/mol. The van der Waals surface area contributed by atoms with Crippen LogP contribution in [0, 0.1) is 0 Å². The smallest absolute Gasteiger partial charge is 0.252 e. The Kier molecular flexibility index (Phi) is 4.85. The summed E-state index contributed by atoms with van der Waals surface area (Å²) in [6, 6.07) is -0.607. The van der Waals surface area contributed by atoms with E-state index in [1.54, 1.807) is 7.11 Å². The van der Waals surface area contributed by atoms with E-state index in [-0.39, 0.29) is 24.2 Å². The fourth-order valence-electron chi connectivity index (χ4n) is 1.42. The number of nitrogens with zero attached hydrogens (tertiary/aromatic N) is 2. The second-order valence-corrected chi connectivity index (χ2v) is 3.56. The number of likely N-dealkylation sites (N-methyl/N-ethyl adjacent to an activating group) is 1. The number of methoxy groups -OCH3 is 1. The van der Waals surface area contributed by atoms with Crippen LogP contribution in [-0.2, 0) is 14.3 Å². The number of aliphatic imine (C=N–C) groups is 1. The van der Waals surface area contributed by atoms with Gasteiger partial charge in [0, 0.05) is 14.2 Å². The first-order valence-corrected chi connectivity index (χ1v) is 5.17. The van der Waals surface area contributed by atoms with Crippen LogP contribution in [0.5, 0.6) is 0 Å². The van der Waals surface area contributed by atoms with E-state index >= 15 is 0 Å². The van der Waals surface area contributed by atoms with Crippen molar-refractivity contribution in [3.63, 3.8) is 0 Å². The predicted molar refractivity (Wildman–Crippen MR) is 60.8 cm³/mol. The first-order chi connectivity index (χ1) is 8.10. The van der Waals surface area contributed by atoms with Gasteiger partial charge >= 0.3 is 0 Å². The highest BCUT2D eigenvalue weighted by Gasteiger charge is 2.36. The zero-order chi connectivity index (χ0) is 12.8. The summed E-state index contributed by atoms with van der Waals surface area (Å²) in [6.45, 7) is 0.859. The lowest BCUT2D eigenvalue weighted by atomic mass is 10.2. The van der Waals surface area contributed by atoms with Gasteiger partial charge < -0.3 is 10.1 Å². The zero-order valence-electron chi connectivity index (χ0n) is 9.90. The number of ether oxygens (including phenoxy) is 1. The molecule has 8 heteroatoms. The minimum absolute atomic E-state index is 0.111. The molecule has 0 aromatic rings. The van der Waals surface area contributed by atoms with Crippen LogP contribution >= 0.6 is 0 Å². The van der Waals surface area contributed by atoms with Crippen molar-refractivity contribution in [2.24, 2.45) is 10.8 Å². The van der Waals surface area contributed by atoms with Crippen LogP contribution in [0.2, 0.25) is 0 Å². The summed E-state index contributed by atoms with van der Waals surface area (Å²) in [5.74, 6) is 5.01. The van der Waals surface area contributed by atoms with Gasteiger partial charge in [-0.1, -0.05) is 0 Å². The second-order valence-electron chi connectivity index (χ2n) is 3.56. The molecule has 17 heavy (non-hydrogen) atoms. The Balaban J connectivity index is 2.54. The van der Waals surface area contributed by atoms with Gasteiger partial charge in [-0.2, -0.15) is 0 Å². The molecule has 0 spiro atoms. The number of likely N-dealkylation sites (tertiary alicyclic amines) is 1. The van der Waals surface area contributed by atoms with E-state index in [4.69, 9.17) is 10.6 Å². The molecule has 1 heterocycles. The summed E-state index contributed by atoms with van der Waals surface area (Å²) in [5, 5.41) is 2.78. The highest BCUT2D eigenvalue weighted by atomic mass is 16.5. The molecule has 1 unspecified atom stereocenters. The third-order valence-electron chi connectivity index (χ3n) is 2.39. The Morgan fingerprint density at radius 2 is 2.35 bits per heavy atom. The molecule has 0 aromatic heterocycles. The first kappa shape index (κ1) is 13.4. The molecule has 1 atom stereocenters. The molecule has 1 rings (SSSR count). The number of nitrogens with two attached hydrogens (primary N) is 1. The molecule has 8 nitrogen and oxygen atoms in total. The number of carbonyl (C=O) groups is 2. The van der Waals surface area contributed by atoms with Crippen molar-refractivity contribution in [2.45, 2.75) is 12.5 Å². The molecule has 96 valence electrons. The van der Waals surface area contributed by atoms with Crippen molar-refractivity contribution in [3.05, 3.63) is 0 Å². The third-order valence-corrected chi connectivity index (χ3v) is 2.39. The van der Waals surface area contributed by atoms with Gasteiger partial charge in [0.05, 0.1) is 19.6 Å². The van der Waals surface area contributed by atoms with Crippen LogP contribution in [0.3, 0.4) is 0 Å². The number of imide groups is 1. The predicted octanol–water partition coefficient (Wildman–Crippen LogP) is -2.20. The monoisotopic (exact) mass is 243 g/mol. The molecule has 1 aliphatic rings. The van der Waals surface area contributed by atoms with Crippen LogP contribution in [0.25, 0.3) is 0 Å². The lowest BCUT2D eigenvalue weighted by molar-refractivity contribution is -0.137. The SMILES string of the molecule is COCCN=C(NN)NC1CC(=O)N(C)C1=O. The Morgan fingerprint density at radius 3 is 2.82 bits per heavy atom. The maximum Gasteiger partial charge on any atom is 0.252 e. The molecule has 0 saturated carbocycles. The number of nitrogens with one attached hydrogen (secondary N) is 2. The van der Waals surface area contributed by atoms with Gasteiger partial charge in [0.2, 0.25) is 11.9 Å². The van der Waals surface area contributed by atoms with Crippen LogP contribution in [0.1, 0.15) is 6.42 Å². The third kappa shape index (κ3) is 3.40. The van der Waals surface area contributed by atoms with Crippen LogP contribution in [-0.4, -0.2) is 56.0 Å². The van der Waals surface area contributed by atoms with Crippen LogP contribution in [0.15, 0.2) is 4.99 Å². The fraction of sp³-hybridized carbons (Fsp3) is 0.667. The number of rotatable bonds is 4. The van der Waals surface area contributed by atoms with Gasteiger partial charge in [-0.15, -0.1) is 0 Å². The van der Waals surface area contributed by atoms with Gasteiger partial charge in [-0.25, -0.2) is 10.8 Å². The average molecular weight is 243 g/mol. The standard InChI is InChI=1S/C9H17N5O3/c1-14-7(15)5-6(8(14)16)12-9(13-10)11-3-4-17-2/h6H,3-5,10H2,1-2H3,(H2,11,12,13). The van der Waals surface area contributed by atoms with Gasteiger partial charge in [-0.3, -0.25) is 19.9 Å². The van der Waals surface area contributed by atoms with E-state index in [2.05, 4.69) is 15.7 Å². The van der Waals surface area contributed by atoms with E-state index in [1.807, 2.05) is 0 Å². The summed E-state index contributed by atoms with van der Waals surface area (Å²) in [6.07, 6.45) is 0.111. The van der Waals surface area contributed by atoms with E-state index in [0.717, 1.165) is 4.90 Å². The largest absolute Gasteiger partial charge is 0.383 e. The Bertz CT molecular complexity index is 331. The van der Waals surface area contributed by atoms with Crippen molar-refractivity contribution in [3.8, 4) is 0 Å². The summed E-state index contributed by atoms with van der Waals surface area (Å²) in [7, 11) is 3.01. The van der Waals surface area contributed by atoms with Crippen molar-refractivity contribution in [1.29, 1.82) is 0 Å². The number of hydrazine groups is 1. The van der Waals surface area contributed by atoms with Crippen molar-refractivity contribution < 1.29 is 14.3 Å². The maximum atomic E-state index is 11.6. The molecule has 0 bridgehead atoms. The number of hydrogen-bond acceptors (Lipinski definition) is 5. The molecule has 1 saturated heterocycles. The summed E-state index contributed by atoms with van der Waals surface area (Å²) >= 11 is 0. The van der Waals surface area contributed by atoms with Gasteiger partial charge in [0.15, 0.2) is 0 Å². The molecule has 0 aliphatic carbocycles. The van der Waals surface area contributed by atoms with Crippen molar-refractivity contribution in [2.75, 3.05) is 27.3 Å². The lowest BCUT2D eigenvalue weighted by Gasteiger charge is -2.13. The molecular formula is C9H17N5O3. The molecule has 1 fully saturated rings. The fourth-order valence-corrected chi connectivity index (χ4v) is 1.42. The number of amides is 2. The second kappa shape index (κ2) is 6.16.